The molecule has 0 aliphatic heterocycles. The van der Waals surface area contributed by atoms with Crippen molar-refractivity contribution < 1.29 is 5.11 Å². The van der Waals surface area contributed by atoms with E-state index in [-0.39, 0.29) is 6.61 Å². The van der Waals surface area contributed by atoms with Crippen LogP contribution in [-0.4, -0.2) is 14.9 Å². The Labute approximate surface area is 71.0 Å². The lowest BCUT2D eigenvalue weighted by Crippen LogP contribution is -2.04. The van der Waals surface area contributed by atoms with Crippen LogP contribution in [-0.2, 0) is 13.2 Å². The van der Waals surface area contributed by atoms with E-state index >= 15 is 0 Å². The van der Waals surface area contributed by atoms with Crippen molar-refractivity contribution in [3.8, 4) is 0 Å². The molecule has 0 aromatic carbocycles. The van der Waals surface area contributed by atoms with Gasteiger partial charge in [0.25, 0.3) is 0 Å². The van der Waals surface area contributed by atoms with Crippen LogP contribution in [0.3, 0.4) is 0 Å². The van der Waals surface area contributed by atoms with Crippen molar-refractivity contribution in [1.29, 1.82) is 0 Å². The molecule has 1 rings (SSSR count). The second-order valence-corrected chi connectivity index (χ2v) is 2.63. The van der Waals surface area contributed by atoms with Gasteiger partial charge in [-0.25, -0.2) is 4.68 Å². The summed E-state index contributed by atoms with van der Waals surface area (Å²) in [6.45, 7) is 2.60. The van der Waals surface area contributed by atoms with E-state index in [1.807, 2.05) is 6.92 Å². The summed E-state index contributed by atoms with van der Waals surface area (Å²) in [6, 6.07) is 0. The minimum Gasteiger partial charge on any atom is -0.394 e. The summed E-state index contributed by atoms with van der Waals surface area (Å²) in [7, 11) is 0. The molecule has 5 N–H and O–H groups in total. The minimum absolute atomic E-state index is 0.160. The lowest BCUT2D eigenvalue weighted by molar-refractivity contribution is 0.276. The van der Waals surface area contributed by atoms with Gasteiger partial charge in [0.15, 0.2) is 0 Å². The van der Waals surface area contributed by atoms with Gasteiger partial charge in [0, 0.05) is 6.54 Å². The predicted molar refractivity (Wildman–Crippen MR) is 47.3 cm³/mol. The first-order valence-corrected chi connectivity index (χ1v) is 3.92. The van der Waals surface area contributed by atoms with E-state index in [0.29, 0.717) is 17.2 Å². The van der Waals surface area contributed by atoms with Crippen LogP contribution >= 0.6 is 0 Å². The minimum atomic E-state index is -0.160. The molecule has 0 saturated carbocycles. The first-order valence-electron chi connectivity index (χ1n) is 3.92. The standard InChI is InChI=1S/C7H14N4O/c1-2-3-11-7(9)6(8)5(4-12)10-11/h12H,2-4,8-9H2,1H3. The summed E-state index contributed by atoms with van der Waals surface area (Å²) in [6.07, 6.45) is 0.941. The lowest BCUT2D eigenvalue weighted by Gasteiger charge is -1.99. The van der Waals surface area contributed by atoms with Crippen molar-refractivity contribution in [2.24, 2.45) is 0 Å². The molecule has 0 atom stereocenters. The molecule has 0 amide bonds. The average Bonchev–Trinajstić information content (AvgIpc) is 2.33. The topological polar surface area (TPSA) is 90.1 Å². The maximum Gasteiger partial charge on any atom is 0.145 e. The molecule has 0 unspecified atom stereocenters. The van der Waals surface area contributed by atoms with Gasteiger partial charge in [-0.1, -0.05) is 6.92 Å². The Kier molecular flexibility index (Phi) is 2.54. The van der Waals surface area contributed by atoms with Crippen LogP contribution in [0.1, 0.15) is 19.0 Å². The largest absolute Gasteiger partial charge is 0.394 e. The number of hydrogen-bond acceptors (Lipinski definition) is 4. The number of rotatable bonds is 3. The quantitative estimate of drug-likeness (QED) is 0.593. The van der Waals surface area contributed by atoms with Crippen molar-refractivity contribution in [1.82, 2.24) is 9.78 Å². The zero-order valence-corrected chi connectivity index (χ0v) is 7.12. The van der Waals surface area contributed by atoms with Crippen molar-refractivity contribution in [3.05, 3.63) is 5.69 Å². The van der Waals surface area contributed by atoms with Gasteiger partial charge in [0.2, 0.25) is 0 Å². The van der Waals surface area contributed by atoms with Gasteiger partial charge < -0.3 is 16.6 Å². The number of aromatic nitrogens is 2. The molecule has 0 fully saturated rings. The highest BCUT2D eigenvalue weighted by Gasteiger charge is 2.10. The number of aryl methyl sites for hydroxylation is 1. The molecule has 1 aromatic heterocycles. The molecule has 0 saturated heterocycles. The fourth-order valence-corrected chi connectivity index (χ4v) is 1.04. The number of anilines is 2. The Morgan fingerprint density at radius 3 is 2.58 bits per heavy atom. The molecule has 0 radical (unpaired) electrons. The zero-order valence-electron chi connectivity index (χ0n) is 7.12. The van der Waals surface area contributed by atoms with E-state index in [9.17, 15) is 0 Å². The van der Waals surface area contributed by atoms with E-state index in [0.717, 1.165) is 13.0 Å². The Balaban J connectivity index is 2.98. The highest BCUT2D eigenvalue weighted by molar-refractivity contribution is 5.61. The number of hydrogen-bond donors (Lipinski definition) is 3. The number of aliphatic hydroxyl groups is 1. The third kappa shape index (κ3) is 1.35. The lowest BCUT2D eigenvalue weighted by atomic mass is 10.4. The van der Waals surface area contributed by atoms with Crippen LogP contribution in [0.25, 0.3) is 0 Å². The van der Waals surface area contributed by atoms with Crippen LogP contribution in [0.15, 0.2) is 0 Å². The Morgan fingerprint density at radius 2 is 2.17 bits per heavy atom. The van der Waals surface area contributed by atoms with Crippen molar-refractivity contribution in [2.45, 2.75) is 26.5 Å². The molecule has 0 spiro atoms. The SMILES string of the molecule is CCCn1nc(CO)c(N)c1N. The second-order valence-electron chi connectivity index (χ2n) is 2.63. The highest BCUT2D eigenvalue weighted by atomic mass is 16.3. The molecule has 1 aromatic rings. The molecule has 12 heavy (non-hydrogen) atoms. The van der Waals surface area contributed by atoms with Crippen molar-refractivity contribution in [2.75, 3.05) is 11.5 Å². The number of nitrogens with two attached hydrogens (primary N) is 2. The van der Waals surface area contributed by atoms with Crippen LogP contribution in [0.2, 0.25) is 0 Å². The van der Waals surface area contributed by atoms with Gasteiger partial charge in [-0.3, -0.25) is 0 Å². The maximum absolute atomic E-state index is 8.81. The summed E-state index contributed by atoms with van der Waals surface area (Å²) >= 11 is 0. The first-order chi connectivity index (χ1) is 5.70. The van der Waals surface area contributed by atoms with E-state index in [4.69, 9.17) is 16.6 Å². The smallest absolute Gasteiger partial charge is 0.145 e. The van der Waals surface area contributed by atoms with E-state index in [1.54, 1.807) is 4.68 Å². The van der Waals surface area contributed by atoms with Gasteiger partial charge in [0.05, 0.1) is 6.61 Å². The van der Waals surface area contributed by atoms with Crippen LogP contribution in [0, 0.1) is 0 Å². The number of nitrogen functional groups attached to an aromatic ring is 2. The normalized spacial score (nSPS) is 10.5. The van der Waals surface area contributed by atoms with Gasteiger partial charge in [-0.05, 0) is 6.42 Å². The van der Waals surface area contributed by atoms with Gasteiger partial charge >= 0.3 is 0 Å². The summed E-state index contributed by atoms with van der Waals surface area (Å²) < 4.78 is 1.61. The molecule has 0 aliphatic carbocycles. The summed E-state index contributed by atoms with van der Waals surface area (Å²) in [5.41, 5.74) is 12.1. The fraction of sp³-hybridized carbons (Fsp3) is 0.571. The summed E-state index contributed by atoms with van der Waals surface area (Å²) in [4.78, 5) is 0. The monoisotopic (exact) mass is 170 g/mol. The zero-order chi connectivity index (χ0) is 9.14. The van der Waals surface area contributed by atoms with Gasteiger partial charge in [-0.2, -0.15) is 5.10 Å². The first kappa shape index (κ1) is 8.86. The molecule has 5 heteroatoms. The molecule has 68 valence electrons. The third-order valence-electron chi connectivity index (χ3n) is 1.69. The van der Waals surface area contributed by atoms with Crippen LogP contribution in [0.4, 0.5) is 11.5 Å². The van der Waals surface area contributed by atoms with E-state index in [2.05, 4.69) is 5.10 Å². The predicted octanol–water partition coefficient (Wildman–Crippen LogP) is -0.0502. The number of nitrogens with zero attached hydrogens (tertiary/aromatic N) is 2. The Morgan fingerprint density at radius 1 is 1.50 bits per heavy atom. The summed E-state index contributed by atoms with van der Waals surface area (Å²) in [5.74, 6) is 0.445. The van der Waals surface area contributed by atoms with Crippen LogP contribution in [0.5, 0.6) is 0 Å². The molecule has 0 bridgehead atoms. The Hall–Kier alpha value is -1.23. The Bertz CT molecular complexity index is 269. The molecular weight excluding hydrogens is 156 g/mol. The molecule has 5 nitrogen and oxygen atoms in total. The number of aliphatic hydroxyl groups excluding tert-OH is 1. The highest BCUT2D eigenvalue weighted by Crippen LogP contribution is 2.19. The van der Waals surface area contributed by atoms with Crippen molar-refractivity contribution >= 4 is 11.5 Å². The molecular formula is C7H14N4O. The maximum atomic E-state index is 8.81. The third-order valence-corrected chi connectivity index (χ3v) is 1.69. The summed E-state index contributed by atoms with van der Waals surface area (Å²) in [5, 5.41) is 12.8. The van der Waals surface area contributed by atoms with E-state index in [1.165, 1.54) is 0 Å². The molecule has 1 heterocycles. The fourth-order valence-electron chi connectivity index (χ4n) is 1.04. The second kappa shape index (κ2) is 3.44. The van der Waals surface area contributed by atoms with Gasteiger partial charge in [0.1, 0.15) is 17.2 Å². The van der Waals surface area contributed by atoms with E-state index < -0.39 is 0 Å². The average molecular weight is 170 g/mol. The van der Waals surface area contributed by atoms with Crippen molar-refractivity contribution in [3.63, 3.8) is 0 Å². The van der Waals surface area contributed by atoms with Gasteiger partial charge in [-0.15, -0.1) is 0 Å². The van der Waals surface area contributed by atoms with Crippen LogP contribution < -0.4 is 11.5 Å². The molecule has 0 aliphatic rings.